The van der Waals surface area contributed by atoms with E-state index in [9.17, 15) is 4.79 Å². The predicted molar refractivity (Wildman–Crippen MR) is 84.7 cm³/mol. The van der Waals surface area contributed by atoms with E-state index in [4.69, 9.17) is 0 Å². The van der Waals surface area contributed by atoms with Crippen molar-refractivity contribution in [3.63, 3.8) is 0 Å². The van der Waals surface area contributed by atoms with E-state index in [-0.39, 0.29) is 5.91 Å². The molecule has 3 rings (SSSR count). The summed E-state index contributed by atoms with van der Waals surface area (Å²) >= 11 is 0. The van der Waals surface area contributed by atoms with Crippen molar-refractivity contribution in [3.8, 4) is 0 Å². The molecular weight excluding hydrogens is 262 g/mol. The highest BCUT2D eigenvalue weighted by Crippen LogP contribution is 2.37. The molecule has 0 spiro atoms. The van der Waals surface area contributed by atoms with Crippen LogP contribution >= 0.6 is 0 Å². The lowest BCUT2D eigenvalue weighted by Gasteiger charge is -2.41. The molecule has 2 aliphatic rings. The van der Waals surface area contributed by atoms with Crippen LogP contribution < -0.4 is 0 Å². The molecule has 4 heteroatoms. The normalized spacial score (nSPS) is 25.3. The van der Waals surface area contributed by atoms with Crippen molar-refractivity contribution in [2.45, 2.75) is 33.1 Å². The molecule has 2 unspecified atom stereocenters. The number of carbonyl (C=O) groups excluding carboxylic acids is 1. The molecule has 1 amide bonds. The molecule has 1 N–H and O–H groups in total. The minimum Gasteiger partial charge on any atom is -0.354 e. The lowest BCUT2D eigenvalue weighted by atomic mass is 9.74. The molecule has 4 nitrogen and oxygen atoms in total. The highest BCUT2D eigenvalue weighted by atomic mass is 16.2. The van der Waals surface area contributed by atoms with E-state index in [1.54, 1.807) is 4.90 Å². The molecule has 0 bridgehead atoms. The number of hydrogen-bond donors (Lipinski definition) is 1. The number of fused-ring (bicyclic) bond motifs is 2. The van der Waals surface area contributed by atoms with Gasteiger partial charge in [0.2, 0.25) is 0 Å². The van der Waals surface area contributed by atoms with Crippen LogP contribution in [-0.2, 0) is 12.8 Å². The SMILES string of the molecule is CCN1CCC2Cc3[nH]c(C(=O)N(C)C)c(C)c3CC2C1. The van der Waals surface area contributed by atoms with E-state index >= 15 is 0 Å². The van der Waals surface area contributed by atoms with Gasteiger partial charge in [-0.1, -0.05) is 6.92 Å². The van der Waals surface area contributed by atoms with Crippen molar-refractivity contribution < 1.29 is 4.79 Å². The molecule has 0 saturated carbocycles. The Labute approximate surface area is 127 Å². The predicted octanol–water partition coefficient (Wildman–Crippen LogP) is 2.08. The summed E-state index contributed by atoms with van der Waals surface area (Å²) in [6.07, 6.45) is 3.56. The van der Waals surface area contributed by atoms with E-state index in [0.29, 0.717) is 0 Å². The summed E-state index contributed by atoms with van der Waals surface area (Å²) in [6, 6.07) is 0. The third-order valence-electron chi connectivity index (χ3n) is 5.44. The summed E-state index contributed by atoms with van der Waals surface area (Å²) < 4.78 is 0. The summed E-state index contributed by atoms with van der Waals surface area (Å²) in [5.74, 6) is 1.66. The van der Waals surface area contributed by atoms with E-state index in [0.717, 1.165) is 36.9 Å². The first-order valence-electron chi connectivity index (χ1n) is 8.15. The molecule has 0 radical (unpaired) electrons. The van der Waals surface area contributed by atoms with Crippen molar-refractivity contribution in [2.75, 3.05) is 33.7 Å². The van der Waals surface area contributed by atoms with E-state index < -0.39 is 0 Å². The number of amides is 1. The summed E-state index contributed by atoms with van der Waals surface area (Å²) in [6.45, 7) is 7.97. The quantitative estimate of drug-likeness (QED) is 0.905. The van der Waals surface area contributed by atoms with Crippen LogP contribution in [0.25, 0.3) is 0 Å². The van der Waals surface area contributed by atoms with Gasteiger partial charge in [-0.2, -0.15) is 0 Å². The summed E-state index contributed by atoms with van der Waals surface area (Å²) in [7, 11) is 3.64. The Balaban J connectivity index is 1.87. The van der Waals surface area contributed by atoms with E-state index in [1.807, 2.05) is 14.1 Å². The van der Waals surface area contributed by atoms with Crippen LogP contribution in [0.3, 0.4) is 0 Å². The highest BCUT2D eigenvalue weighted by Gasteiger charge is 2.35. The molecule has 1 fully saturated rings. The summed E-state index contributed by atoms with van der Waals surface area (Å²) in [5.41, 5.74) is 4.72. The average Bonchev–Trinajstić information content (AvgIpc) is 2.80. The van der Waals surface area contributed by atoms with Crippen LogP contribution in [0.4, 0.5) is 0 Å². The second-order valence-electron chi connectivity index (χ2n) is 6.89. The minimum absolute atomic E-state index is 0.0973. The number of hydrogen-bond acceptors (Lipinski definition) is 2. The second-order valence-corrected chi connectivity index (χ2v) is 6.89. The van der Waals surface area contributed by atoms with Crippen LogP contribution in [0.5, 0.6) is 0 Å². The minimum atomic E-state index is 0.0973. The molecular formula is C17H27N3O. The van der Waals surface area contributed by atoms with E-state index in [1.165, 1.54) is 36.3 Å². The Morgan fingerprint density at radius 3 is 2.76 bits per heavy atom. The van der Waals surface area contributed by atoms with Gasteiger partial charge < -0.3 is 14.8 Å². The van der Waals surface area contributed by atoms with Crippen molar-refractivity contribution >= 4 is 5.91 Å². The third kappa shape index (κ3) is 2.50. The lowest BCUT2D eigenvalue weighted by molar-refractivity contribution is 0.0821. The number of aromatic nitrogens is 1. The molecule has 2 heterocycles. The number of piperidine rings is 1. The maximum atomic E-state index is 12.3. The molecule has 2 atom stereocenters. The van der Waals surface area contributed by atoms with Crippen LogP contribution in [0.2, 0.25) is 0 Å². The fraction of sp³-hybridized carbons (Fsp3) is 0.706. The summed E-state index contributed by atoms with van der Waals surface area (Å²) in [4.78, 5) is 20.0. The number of nitrogens with one attached hydrogen (secondary N) is 1. The molecule has 1 aromatic rings. The average molecular weight is 289 g/mol. The van der Waals surface area contributed by atoms with Gasteiger partial charge in [0, 0.05) is 26.3 Å². The number of carbonyl (C=O) groups is 1. The third-order valence-corrected chi connectivity index (χ3v) is 5.44. The van der Waals surface area contributed by atoms with Crippen LogP contribution in [0.15, 0.2) is 0 Å². The number of rotatable bonds is 2. The lowest BCUT2D eigenvalue weighted by Crippen LogP contribution is -2.43. The zero-order valence-corrected chi connectivity index (χ0v) is 13.7. The van der Waals surface area contributed by atoms with Crippen molar-refractivity contribution in [1.29, 1.82) is 0 Å². The first-order chi connectivity index (χ1) is 10.0. The Morgan fingerprint density at radius 2 is 2.10 bits per heavy atom. The largest absolute Gasteiger partial charge is 0.354 e. The Morgan fingerprint density at radius 1 is 1.33 bits per heavy atom. The maximum absolute atomic E-state index is 12.3. The van der Waals surface area contributed by atoms with Gasteiger partial charge in [0.25, 0.3) is 5.91 Å². The fourth-order valence-electron chi connectivity index (χ4n) is 4.05. The van der Waals surface area contributed by atoms with Gasteiger partial charge in [-0.15, -0.1) is 0 Å². The Bertz CT molecular complexity index is 546. The smallest absolute Gasteiger partial charge is 0.270 e. The Kier molecular flexibility index (Phi) is 3.82. The monoisotopic (exact) mass is 289 g/mol. The Hall–Kier alpha value is -1.29. The zero-order chi connectivity index (χ0) is 15.1. The molecule has 116 valence electrons. The number of likely N-dealkylation sites (tertiary alicyclic amines) is 1. The van der Waals surface area contributed by atoms with Gasteiger partial charge >= 0.3 is 0 Å². The van der Waals surface area contributed by atoms with Crippen molar-refractivity contribution in [1.82, 2.24) is 14.8 Å². The molecule has 0 aromatic carbocycles. The highest BCUT2D eigenvalue weighted by molar-refractivity contribution is 5.94. The topological polar surface area (TPSA) is 39.3 Å². The first-order valence-corrected chi connectivity index (χ1v) is 8.15. The first kappa shape index (κ1) is 14.6. The molecule has 1 aliphatic heterocycles. The number of H-pyrrole nitrogens is 1. The van der Waals surface area contributed by atoms with Crippen LogP contribution in [-0.4, -0.2) is 54.4 Å². The molecule has 1 saturated heterocycles. The molecule has 21 heavy (non-hydrogen) atoms. The number of aromatic amines is 1. The zero-order valence-electron chi connectivity index (χ0n) is 13.7. The van der Waals surface area contributed by atoms with Crippen LogP contribution in [0, 0.1) is 18.8 Å². The standard InChI is InChI=1S/C17H27N3O/c1-5-20-7-6-12-9-15-14(8-13(12)10-20)11(2)16(18-15)17(21)19(3)4/h12-13,18H,5-10H2,1-4H3. The fourth-order valence-corrected chi connectivity index (χ4v) is 4.05. The van der Waals surface area contributed by atoms with Gasteiger partial charge in [0.1, 0.15) is 5.69 Å². The van der Waals surface area contributed by atoms with Gasteiger partial charge in [-0.05, 0) is 62.2 Å². The van der Waals surface area contributed by atoms with Crippen molar-refractivity contribution in [2.24, 2.45) is 11.8 Å². The van der Waals surface area contributed by atoms with E-state index in [2.05, 4.69) is 23.7 Å². The number of nitrogens with zero attached hydrogens (tertiary/aromatic N) is 2. The van der Waals surface area contributed by atoms with Gasteiger partial charge in [-0.3, -0.25) is 4.79 Å². The summed E-state index contributed by atoms with van der Waals surface area (Å²) in [5, 5.41) is 0. The second kappa shape index (κ2) is 5.48. The van der Waals surface area contributed by atoms with Gasteiger partial charge in [-0.25, -0.2) is 0 Å². The van der Waals surface area contributed by atoms with Crippen LogP contribution in [0.1, 0.15) is 40.7 Å². The van der Waals surface area contributed by atoms with Gasteiger partial charge in [0.05, 0.1) is 0 Å². The van der Waals surface area contributed by atoms with Gasteiger partial charge in [0.15, 0.2) is 0 Å². The van der Waals surface area contributed by atoms with Crippen molar-refractivity contribution in [3.05, 3.63) is 22.5 Å². The molecule has 1 aromatic heterocycles. The maximum Gasteiger partial charge on any atom is 0.270 e. The molecule has 1 aliphatic carbocycles.